The van der Waals surface area contributed by atoms with E-state index in [0.29, 0.717) is 0 Å². The van der Waals surface area contributed by atoms with E-state index in [4.69, 9.17) is 29.3 Å². The van der Waals surface area contributed by atoms with Crippen LogP contribution in [0, 0.1) is 0 Å². The van der Waals surface area contributed by atoms with Crippen LogP contribution in [0.4, 0.5) is 5.69 Å². The molecule has 224 valence electrons. The molecule has 0 atom stereocenters. The van der Waals surface area contributed by atoms with Crippen LogP contribution in [-0.4, -0.2) is 54.6 Å². The van der Waals surface area contributed by atoms with Gasteiger partial charge in [0.1, 0.15) is 16.8 Å². The molecule has 41 heavy (non-hydrogen) atoms. The third-order valence-electron chi connectivity index (χ3n) is 4.79. The van der Waals surface area contributed by atoms with Gasteiger partial charge in [0.15, 0.2) is 5.78 Å². The molecule has 0 saturated carbocycles. The number of rotatable bonds is 9. The largest absolute Gasteiger partial charge is 0.378 e. The number of carbonyl (C=O) groups is 4. The number of carbonyl (C=O) groups excluding carboxylic acids is 4. The van der Waals surface area contributed by atoms with Gasteiger partial charge in [-0.3, -0.25) is 19.5 Å². The van der Waals surface area contributed by atoms with E-state index < -0.39 is 57.2 Å². The molecule has 2 aromatic carbocycles. The monoisotopic (exact) mass is 573 g/mol. The first-order valence-electron chi connectivity index (χ1n) is 12.9. The minimum Gasteiger partial charge on any atom is -0.378 e. The number of ketones is 1. The maximum atomic E-state index is 13.5. The Kier molecular flexibility index (Phi) is 10.4. The fourth-order valence-corrected chi connectivity index (χ4v) is 3.01. The number of nitrogens with zero attached hydrogens (tertiary/aromatic N) is 1. The van der Waals surface area contributed by atoms with Gasteiger partial charge in [0.25, 0.3) is 0 Å². The Morgan fingerprint density at radius 3 is 1.27 bits per heavy atom. The quantitative estimate of drug-likeness (QED) is 0.210. The van der Waals surface area contributed by atoms with Crippen molar-refractivity contribution < 1.29 is 48.5 Å². The van der Waals surface area contributed by atoms with Crippen LogP contribution < -0.4 is 4.90 Å². The van der Waals surface area contributed by atoms with E-state index in [-0.39, 0.29) is 11.1 Å². The van der Waals surface area contributed by atoms with Gasteiger partial charge in [0.2, 0.25) is 0 Å². The summed E-state index contributed by atoms with van der Waals surface area (Å²) in [6.07, 6.45) is 0. The Labute approximate surface area is 240 Å². The molecule has 0 saturated heterocycles. The fraction of sp³-hybridized carbons (Fsp3) is 0.467. The van der Waals surface area contributed by atoms with Gasteiger partial charge in [-0.05, 0) is 98.7 Å². The minimum atomic E-state index is -1.21. The molecule has 11 heteroatoms. The molecule has 11 nitrogen and oxygen atoms in total. The molecule has 0 amide bonds. The van der Waals surface area contributed by atoms with Crippen LogP contribution in [0.2, 0.25) is 0 Å². The Bertz CT molecular complexity index is 1230. The Morgan fingerprint density at radius 1 is 0.561 bits per heavy atom. The lowest BCUT2D eigenvalue weighted by Crippen LogP contribution is -2.28. The molecular formula is C30H39NO10. The highest BCUT2D eigenvalue weighted by molar-refractivity contribution is 6.15. The summed E-state index contributed by atoms with van der Waals surface area (Å²) in [5, 5.41) is 0. The SMILES string of the molecule is CN(C)c1ccc(C(=O)c2cc(C(=O)OOC(C)(C)C)c(C(=O)OOC(C)(C)C)c(C(=O)OOC(C)(C)C)c2)cc1. The van der Waals surface area contributed by atoms with Crippen LogP contribution in [0.5, 0.6) is 0 Å². The van der Waals surface area contributed by atoms with E-state index >= 15 is 0 Å². The van der Waals surface area contributed by atoms with Crippen molar-refractivity contribution in [1.82, 2.24) is 0 Å². The maximum Gasteiger partial charge on any atom is 0.374 e. The fourth-order valence-electron chi connectivity index (χ4n) is 3.01. The average Bonchev–Trinajstić information content (AvgIpc) is 2.86. The van der Waals surface area contributed by atoms with Crippen molar-refractivity contribution in [3.05, 3.63) is 64.2 Å². The van der Waals surface area contributed by atoms with E-state index in [0.717, 1.165) is 17.8 Å². The summed E-state index contributed by atoms with van der Waals surface area (Å²) < 4.78 is 0. The zero-order valence-corrected chi connectivity index (χ0v) is 25.5. The van der Waals surface area contributed by atoms with Crippen LogP contribution in [0.15, 0.2) is 36.4 Å². The molecule has 0 N–H and O–H groups in total. The molecule has 0 aromatic heterocycles. The zero-order valence-electron chi connectivity index (χ0n) is 25.5. The molecule has 0 aliphatic rings. The third-order valence-corrected chi connectivity index (χ3v) is 4.79. The summed E-state index contributed by atoms with van der Waals surface area (Å²) in [7, 11) is 3.71. The van der Waals surface area contributed by atoms with Crippen LogP contribution in [0.25, 0.3) is 0 Å². The maximum absolute atomic E-state index is 13.5. The van der Waals surface area contributed by atoms with Gasteiger partial charge in [-0.2, -0.15) is 14.7 Å². The van der Waals surface area contributed by atoms with E-state index in [1.54, 1.807) is 86.6 Å². The first kappa shape index (κ1) is 33.4. The van der Waals surface area contributed by atoms with Gasteiger partial charge in [0.05, 0.1) is 16.7 Å². The number of anilines is 1. The second-order valence-corrected chi connectivity index (χ2v) is 12.4. The van der Waals surface area contributed by atoms with E-state index in [1.807, 2.05) is 19.0 Å². The van der Waals surface area contributed by atoms with Gasteiger partial charge >= 0.3 is 17.9 Å². The summed E-state index contributed by atoms with van der Waals surface area (Å²) >= 11 is 0. The van der Waals surface area contributed by atoms with Gasteiger partial charge < -0.3 is 4.90 Å². The predicted molar refractivity (Wildman–Crippen MR) is 149 cm³/mol. The molecule has 0 radical (unpaired) electrons. The summed E-state index contributed by atoms with van der Waals surface area (Å²) in [5.74, 6) is -4.07. The highest BCUT2D eigenvalue weighted by Gasteiger charge is 2.33. The highest BCUT2D eigenvalue weighted by Crippen LogP contribution is 2.26. The molecule has 0 fully saturated rings. The minimum absolute atomic E-state index is 0.110. The van der Waals surface area contributed by atoms with Crippen LogP contribution >= 0.6 is 0 Å². The van der Waals surface area contributed by atoms with Crippen molar-refractivity contribution in [2.75, 3.05) is 19.0 Å². The van der Waals surface area contributed by atoms with Crippen molar-refractivity contribution in [2.24, 2.45) is 0 Å². The second-order valence-electron chi connectivity index (χ2n) is 12.4. The molecule has 2 rings (SSSR count). The van der Waals surface area contributed by atoms with Crippen molar-refractivity contribution in [1.29, 1.82) is 0 Å². The number of hydrogen-bond acceptors (Lipinski definition) is 11. The van der Waals surface area contributed by atoms with Crippen molar-refractivity contribution in [3.63, 3.8) is 0 Å². The third kappa shape index (κ3) is 10.3. The lowest BCUT2D eigenvalue weighted by molar-refractivity contribution is -0.303. The van der Waals surface area contributed by atoms with E-state index in [2.05, 4.69) is 0 Å². The summed E-state index contributed by atoms with van der Waals surface area (Å²) in [4.78, 5) is 85.5. The van der Waals surface area contributed by atoms with Crippen molar-refractivity contribution in [2.45, 2.75) is 79.1 Å². The van der Waals surface area contributed by atoms with Crippen molar-refractivity contribution in [3.8, 4) is 0 Å². The second kappa shape index (κ2) is 12.8. The zero-order chi connectivity index (χ0) is 31.3. The van der Waals surface area contributed by atoms with Crippen LogP contribution in [0.3, 0.4) is 0 Å². The first-order chi connectivity index (χ1) is 18.7. The van der Waals surface area contributed by atoms with Crippen LogP contribution in [0.1, 0.15) is 109 Å². The Balaban J connectivity index is 2.74. The summed E-state index contributed by atoms with van der Waals surface area (Å²) in [5.41, 5.74) is -3.28. The normalized spacial score (nSPS) is 12.0. The molecule has 0 spiro atoms. The molecule has 0 aliphatic carbocycles. The Morgan fingerprint density at radius 2 is 0.927 bits per heavy atom. The van der Waals surface area contributed by atoms with Crippen molar-refractivity contribution >= 4 is 29.4 Å². The van der Waals surface area contributed by atoms with Gasteiger partial charge in [0, 0.05) is 30.9 Å². The molecule has 0 bridgehead atoms. The topological polar surface area (TPSA) is 127 Å². The molecule has 0 heterocycles. The van der Waals surface area contributed by atoms with Gasteiger partial charge in [-0.25, -0.2) is 14.4 Å². The van der Waals surface area contributed by atoms with Crippen LogP contribution in [-0.2, 0) is 29.3 Å². The Hall–Kier alpha value is -3.80. The number of benzene rings is 2. The molecular weight excluding hydrogens is 534 g/mol. The lowest BCUT2D eigenvalue weighted by Gasteiger charge is -2.21. The molecule has 0 unspecified atom stereocenters. The highest BCUT2D eigenvalue weighted by atomic mass is 17.2. The first-order valence-corrected chi connectivity index (χ1v) is 12.9. The van der Waals surface area contributed by atoms with E-state index in [9.17, 15) is 19.2 Å². The van der Waals surface area contributed by atoms with Gasteiger partial charge in [-0.15, -0.1) is 0 Å². The summed E-state index contributed by atoms with van der Waals surface area (Å²) in [6.45, 7) is 14.7. The van der Waals surface area contributed by atoms with Gasteiger partial charge in [-0.1, -0.05) is 0 Å². The lowest BCUT2D eigenvalue weighted by atomic mass is 9.93. The smallest absolute Gasteiger partial charge is 0.374 e. The molecule has 2 aromatic rings. The predicted octanol–water partition coefficient (Wildman–Crippen LogP) is 5.64. The standard InChI is InChI=1S/C30H39NO10/c1-28(2,3)39-36-25(33)21-16-19(24(32)18-12-14-20(15-13-18)31(10)11)17-22(26(34)37-40-29(4,5)6)23(21)27(35)38-41-30(7,8)9/h12-17H,1-11H3. The summed E-state index contributed by atoms with van der Waals surface area (Å²) in [6, 6.07) is 8.90. The number of hydrogen-bond donors (Lipinski definition) is 0. The van der Waals surface area contributed by atoms with E-state index in [1.165, 1.54) is 0 Å². The molecule has 0 aliphatic heterocycles. The average molecular weight is 574 g/mol.